The molecular formula is C22H22ClN5O3. The maximum atomic E-state index is 12.6. The summed E-state index contributed by atoms with van der Waals surface area (Å²) in [5, 5.41) is 14.1. The number of phenolic OH excluding ortho intramolecular Hbond substituents is 1. The number of methoxy groups -OCH3 is 1. The zero-order valence-corrected chi connectivity index (χ0v) is 17.7. The Morgan fingerprint density at radius 1 is 1.35 bits per heavy atom. The first kappa shape index (κ1) is 20.9. The summed E-state index contributed by atoms with van der Waals surface area (Å²) >= 11 is 5.98. The summed E-state index contributed by atoms with van der Waals surface area (Å²) in [5.41, 5.74) is 5.87. The minimum atomic E-state index is -0.171. The first-order chi connectivity index (χ1) is 15.0. The van der Waals surface area contributed by atoms with Gasteiger partial charge in [0.2, 0.25) is 5.95 Å². The molecule has 1 aliphatic rings. The Balaban J connectivity index is 1.45. The molecule has 0 amide bonds. The average molecular weight is 440 g/mol. The van der Waals surface area contributed by atoms with Gasteiger partial charge in [-0.25, -0.2) is 10.4 Å². The van der Waals surface area contributed by atoms with Crippen LogP contribution in [0.2, 0.25) is 5.02 Å². The van der Waals surface area contributed by atoms with Crippen molar-refractivity contribution in [2.24, 2.45) is 5.10 Å². The van der Waals surface area contributed by atoms with Gasteiger partial charge in [0, 0.05) is 26.1 Å². The number of anilines is 1. The second kappa shape index (κ2) is 9.20. The third-order valence-corrected chi connectivity index (χ3v) is 5.34. The summed E-state index contributed by atoms with van der Waals surface area (Å²) in [6, 6.07) is 13.3. The zero-order chi connectivity index (χ0) is 21.8. The second-order valence-corrected chi connectivity index (χ2v) is 7.62. The predicted octanol–water partition coefficient (Wildman–Crippen LogP) is 3.14. The molecule has 9 heteroatoms. The van der Waals surface area contributed by atoms with Crippen LogP contribution >= 0.6 is 11.6 Å². The summed E-state index contributed by atoms with van der Waals surface area (Å²) < 4.78 is 5.07. The Labute approximate surface area is 184 Å². The Kier molecular flexibility index (Phi) is 6.20. The molecule has 3 aromatic rings. The fraction of sp³-hybridized carbons (Fsp3) is 0.227. The van der Waals surface area contributed by atoms with Crippen LogP contribution in [0.4, 0.5) is 5.95 Å². The molecule has 3 N–H and O–H groups in total. The van der Waals surface area contributed by atoms with Crippen LogP contribution in [-0.4, -0.2) is 39.8 Å². The number of nitrogens with zero attached hydrogens (tertiary/aromatic N) is 3. The highest BCUT2D eigenvalue weighted by Gasteiger charge is 2.21. The number of H-pyrrole nitrogens is 1. The summed E-state index contributed by atoms with van der Waals surface area (Å²) in [5.74, 6) is 0.388. The lowest BCUT2D eigenvalue weighted by Crippen LogP contribution is -2.35. The van der Waals surface area contributed by atoms with Crippen molar-refractivity contribution in [2.45, 2.75) is 19.5 Å². The first-order valence-corrected chi connectivity index (χ1v) is 10.1. The molecular weight excluding hydrogens is 418 g/mol. The SMILES string of the molecule is COc1cc(/C=N\Nc2nc3c(c(=O)[nH]2)CN(Cc2ccccc2)CC3)cc(Cl)c1O. The Morgan fingerprint density at radius 2 is 2.16 bits per heavy atom. The fourth-order valence-electron chi connectivity index (χ4n) is 3.50. The molecule has 2 heterocycles. The van der Waals surface area contributed by atoms with E-state index in [0.29, 0.717) is 24.1 Å². The Hall–Kier alpha value is -3.36. The van der Waals surface area contributed by atoms with Crippen LogP contribution in [0.15, 0.2) is 52.4 Å². The number of hydrogen-bond donors (Lipinski definition) is 3. The van der Waals surface area contributed by atoms with E-state index >= 15 is 0 Å². The van der Waals surface area contributed by atoms with Crippen molar-refractivity contribution in [3.05, 3.63) is 80.2 Å². The van der Waals surface area contributed by atoms with E-state index in [1.807, 2.05) is 18.2 Å². The van der Waals surface area contributed by atoms with E-state index in [4.69, 9.17) is 16.3 Å². The molecule has 31 heavy (non-hydrogen) atoms. The first-order valence-electron chi connectivity index (χ1n) is 9.77. The molecule has 160 valence electrons. The van der Waals surface area contributed by atoms with E-state index in [0.717, 1.165) is 18.8 Å². The van der Waals surface area contributed by atoms with E-state index in [2.05, 4.69) is 37.5 Å². The van der Waals surface area contributed by atoms with E-state index in [1.165, 1.54) is 18.9 Å². The average Bonchev–Trinajstić information content (AvgIpc) is 2.77. The molecule has 8 nitrogen and oxygen atoms in total. The lowest BCUT2D eigenvalue weighted by atomic mass is 10.1. The largest absolute Gasteiger partial charge is 0.503 e. The standard InChI is InChI=1S/C22H22ClN5O3/c1-31-19-10-15(9-17(23)20(19)29)11-24-27-22-25-18-7-8-28(13-16(18)21(30)26-22)12-14-5-3-2-4-6-14/h2-6,9-11,29H,7-8,12-13H2,1H3,(H2,25,26,27,30)/b24-11-. The van der Waals surface area contributed by atoms with E-state index in [-0.39, 0.29) is 28.0 Å². The number of hydrogen-bond acceptors (Lipinski definition) is 7. The third kappa shape index (κ3) is 4.87. The fourth-order valence-corrected chi connectivity index (χ4v) is 3.72. The van der Waals surface area contributed by atoms with Crippen LogP contribution in [0.5, 0.6) is 11.5 Å². The number of fused-ring (bicyclic) bond motifs is 1. The predicted molar refractivity (Wildman–Crippen MR) is 120 cm³/mol. The summed E-state index contributed by atoms with van der Waals surface area (Å²) in [4.78, 5) is 22.1. The molecule has 0 atom stereocenters. The van der Waals surface area contributed by atoms with Crippen molar-refractivity contribution in [3.8, 4) is 11.5 Å². The highest BCUT2D eigenvalue weighted by molar-refractivity contribution is 6.32. The number of aromatic amines is 1. The molecule has 0 spiro atoms. The normalized spacial score (nSPS) is 13.9. The Morgan fingerprint density at radius 3 is 2.94 bits per heavy atom. The van der Waals surface area contributed by atoms with Gasteiger partial charge in [0.25, 0.3) is 5.56 Å². The molecule has 0 saturated carbocycles. The van der Waals surface area contributed by atoms with Crippen molar-refractivity contribution < 1.29 is 9.84 Å². The van der Waals surface area contributed by atoms with Crippen LogP contribution in [0.1, 0.15) is 22.4 Å². The molecule has 0 fully saturated rings. The van der Waals surface area contributed by atoms with Gasteiger partial charge in [-0.05, 0) is 23.3 Å². The van der Waals surface area contributed by atoms with E-state index in [9.17, 15) is 9.90 Å². The third-order valence-electron chi connectivity index (χ3n) is 5.05. The maximum absolute atomic E-state index is 12.6. The van der Waals surface area contributed by atoms with Crippen LogP contribution < -0.4 is 15.7 Å². The lowest BCUT2D eigenvalue weighted by molar-refractivity contribution is 0.242. The van der Waals surface area contributed by atoms with Crippen molar-refractivity contribution in [2.75, 3.05) is 19.1 Å². The number of aromatic nitrogens is 2. The molecule has 2 aromatic carbocycles. The van der Waals surface area contributed by atoms with Crippen LogP contribution in [0.25, 0.3) is 0 Å². The van der Waals surface area contributed by atoms with Crippen molar-refractivity contribution in [1.82, 2.24) is 14.9 Å². The van der Waals surface area contributed by atoms with Crippen molar-refractivity contribution >= 4 is 23.8 Å². The highest BCUT2D eigenvalue weighted by atomic mass is 35.5. The van der Waals surface area contributed by atoms with E-state index in [1.54, 1.807) is 12.1 Å². The van der Waals surface area contributed by atoms with Crippen LogP contribution in [0, 0.1) is 0 Å². The van der Waals surface area contributed by atoms with Gasteiger partial charge >= 0.3 is 0 Å². The van der Waals surface area contributed by atoms with Gasteiger partial charge in [-0.1, -0.05) is 41.9 Å². The van der Waals surface area contributed by atoms with Gasteiger partial charge in [0.05, 0.1) is 29.6 Å². The highest BCUT2D eigenvalue weighted by Crippen LogP contribution is 2.34. The number of benzene rings is 2. The summed E-state index contributed by atoms with van der Waals surface area (Å²) in [6.07, 6.45) is 2.18. The summed E-state index contributed by atoms with van der Waals surface area (Å²) in [6.45, 7) is 2.18. The topological polar surface area (TPSA) is 103 Å². The molecule has 0 radical (unpaired) electrons. The number of nitrogens with one attached hydrogen (secondary N) is 2. The molecule has 4 rings (SSSR count). The minimum Gasteiger partial charge on any atom is -0.503 e. The van der Waals surface area contributed by atoms with Gasteiger partial charge in [0.1, 0.15) is 0 Å². The molecule has 1 aliphatic heterocycles. The van der Waals surface area contributed by atoms with Crippen LogP contribution in [0.3, 0.4) is 0 Å². The van der Waals surface area contributed by atoms with Gasteiger partial charge in [-0.15, -0.1) is 0 Å². The van der Waals surface area contributed by atoms with Crippen molar-refractivity contribution in [1.29, 1.82) is 0 Å². The van der Waals surface area contributed by atoms with Crippen molar-refractivity contribution in [3.63, 3.8) is 0 Å². The Bertz CT molecular complexity index is 1160. The summed E-state index contributed by atoms with van der Waals surface area (Å²) in [7, 11) is 1.44. The van der Waals surface area contributed by atoms with Gasteiger partial charge in [-0.3, -0.25) is 14.7 Å². The second-order valence-electron chi connectivity index (χ2n) is 7.21. The molecule has 1 aromatic heterocycles. The zero-order valence-electron chi connectivity index (χ0n) is 16.9. The lowest BCUT2D eigenvalue weighted by Gasteiger charge is -2.27. The number of phenols is 1. The number of aromatic hydroxyl groups is 1. The monoisotopic (exact) mass is 439 g/mol. The maximum Gasteiger partial charge on any atom is 0.257 e. The van der Waals surface area contributed by atoms with Gasteiger partial charge in [0.15, 0.2) is 11.5 Å². The number of rotatable bonds is 6. The van der Waals surface area contributed by atoms with Crippen LogP contribution in [-0.2, 0) is 19.5 Å². The quantitative estimate of drug-likeness (QED) is 0.403. The smallest absolute Gasteiger partial charge is 0.257 e. The molecule has 0 saturated heterocycles. The number of ether oxygens (including phenoxy) is 1. The minimum absolute atomic E-state index is 0.128. The number of hydrazone groups is 1. The van der Waals surface area contributed by atoms with Gasteiger partial charge in [-0.2, -0.15) is 5.10 Å². The number of halogens is 1. The molecule has 0 unspecified atom stereocenters. The van der Waals surface area contributed by atoms with E-state index < -0.39 is 0 Å². The molecule has 0 aliphatic carbocycles. The molecule has 0 bridgehead atoms. The van der Waals surface area contributed by atoms with Gasteiger partial charge < -0.3 is 9.84 Å².